The summed E-state index contributed by atoms with van der Waals surface area (Å²) in [5.74, 6) is -0.314. The average Bonchev–Trinajstić information content (AvgIpc) is 2.68. The van der Waals surface area contributed by atoms with Crippen LogP contribution in [0.3, 0.4) is 0 Å². The lowest BCUT2D eigenvalue weighted by Crippen LogP contribution is -2.30. The third kappa shape index (κ3) is 4.11. The van der Waals surface area contributed by atoms with Gasteiger partial charge in [0.2, 0.25) is 0 Å². The first-order chi connectivity index (χ1) is 12.6. The summed E-state index contributed by atoms with van der Waals surface area (Å²) in [6.07, 6.45) is 0. The summed E-state index contributed by atoms with van der Waals surface area (Å²) in [6, 6.07) is 20.9. The molecule has 3 nitrogen and oxygen atoms in total. The number of benzene rings is 3. The zero-order valence-corrected chi connectivity index (χ0v) is 15.7. The van der Waals surface area contributed by atoms with Gasteiger partial charge >= 0.3 is 0 Å². The molecule has 0 saturated heterocycles. The van der Waals surface area contributed by atoms with Crippen LogP contribution in [0.25, 0.3) is 0 Å². The van der Waals surface area contributed by atoms with Crippen molar-refractivity contribution in [1.29, 1.82) is 0 Å². The SMILES string of the molecule is COc1ccc(C(NC(=O)c2cc(Br)ccc2F)c2ccccc2)cc1. The molecule has 1 atom stereocenters. The molecule has 3 rings (SSSR count). The van der Waals surface area contributed by atoms with E-state index in [0.717, 1.165) is 16.9 Å². The summed E-state index contributed by atoms with van der Waals surface area (Å²) >= 11 is 3.28. The fourth-order valence-electron chi connectivity index (χ4n) is 2.68. The number of amides is 1. The smallest absolute Gasteiger partial charge is 0.255 e. The predicted molar refractivity (Wildman–Crippen MR) is 103 cm³/mol. The van der Waals surface area contributed by atoms with Gasteiger partial charge in [0, 0.05) is 4.47 Å². The van der Waals surface area contributed by atoms with Crippen LogP contribution in [-0.4, -0.2) is 13.0 Å². The summed E-state index contributed by atoms with van der Waals surface area (Å²) in [5, 5.41) is 2.93. The van der Waals surface area contributed by atoms with Crippen molar-refractivity contribution in [2.45, 2.75) is 6.04 Å². The maximum atomic E-state index is 14.1. The first-order valence-electron chi connectivity index (χ1n) is 8.03. The first kappa shape index (κ1) is 18.1. The molecule has 0 aliphatic heterocycles. The highest BCUT2D eigenvalue weighted by Crippen LogP contribution is 2.25. The molecule has 5 heteroatoms. The second kappa shape index (κ2) is 8.15. The van der Waals surface area contributed by atoms with E-state index in [2.05, 4.69) is 21.2 Å². The van der Waals surface area contributed by atoms with E-state index >= 15 is 0 Å². The van der Waals surface area contributed by atoms with E-state index in [4.69, 9.17) is 4.74 Å². The maximum Gasteiger partial charge on any atom is 0.255 e. The number of methoxy groups -OCH3 is 1. The van der Waals surface area contributed by atoms with E-state index < -0.39 is 17.8 Å². The fraction of sp³-hybridized carbons (Fsp3) is 0.0952. The topological polar surface area (TPSA) is 38.3 Å². The summed E-state index contributed by atoms with van der Waals surface area (Å²) in [4.78, 5) is 12.7. The second-order valence-electron chi connectivity index (χ2n) is 5.71. The molecule has 1 amide bonds. The van der Waals surface area contributed by atoms with Crippen molar-refractivity contribution >= 4 is 21.8 Å². The highest BCUT2D eigenvalue weighted by atomic mass is 79.9. The van der Waals surface area contributed by atoms with Crippen molar-refractivity contribution in [3.05, 3.63) is 99.8 Å². The van der Waals surface area contributed by atoms with Gasteiger partial charge in [0.15, 0.2) is 0 Å². The second-order valence-corrected chi connectivity index (χ2v) is 6.63. The van der Waals surface area contributed by atoms with Crippen molar-refractivity contribution in [3.63, 3.8) is 0 Å². The van der Waals surface area contributed by atoms with Crippen LogP contribution in [-0.2, 0) is 0 Å². The molecule has 1 N–H and O–H groups in total. The molecule has 0 aliphatic rings. The largest absolute Gasteiger partial charge is 0.497 e. The van der Waals surface area contributed by atoms with Crippen molar-refractivity contribution in [2.75, 3.05) is 7.11 Å². The first-order valence-corrected chi connectivity index (χ1v) is 8.82. The van der Waals surface area contributed by atoms with E-state index in [1.54, 1.807) is 13.2 Å². The number of halogens is 2. The zero-order chi connectivity index (χ0) is 18.5. The minimum atomic E-state index is -0.563. The predicted octanol–water partition coefficient (Wildman–Crippen LogP) is 5.12. The lowest BCUT2D eigenvalue weighted by atomic mass is 9.98. The van der Waals surface area contributed by atoms with Crippen LogP contribution >= 0.6 is 15.9 Å². The van der Waals surface area contributed by atoms with Crippen LogP contribution in [0.4, 0.5) is 4.39 Å². The molecule has 0 bridgehead atoms. The van der Waals surface area contributed by atoms with E-state index in [1.807, 2.05) is 54.6 Å². The van der Waals surface area contributed by atoms with Gasteiger partial charge in [-0.3, -0.25) is 4.79 Å². The number of hydrogen-bond acceptors (Lipinski definition) is 2. The maximum absolute atomic E-state index is 14.1. The Hall–Kier alpha value is -2.66. The van der Waals surface area contributed by atoms with Crippen molar-refractivity contribution < 1.29 is 13.9 Å². The van der Waals surface area contributed by atoms with Crippen LogP contribution in [0.2, 0.25) is 0 Å². The number of rotatable bonds is 5. The van der Waals surface area contributed by atoms with Gasteiger partial charge in [-0.2, -0.15) is 0 Å². The quantitative estimate of drug-likeness (QED) is 0.630. The van der Waals surface area contributed by atoms with Crippen LogP contribution in [0.5, 0.6) is 5.75 Å². The van der Waals surface area contributed by atoms with Gasteiger partial charge in [0.05, 0.1) is 18.7 Å². The minimum absolute atomic E-state index is 0.00572. The molecule has 3 aromatic carbocycles. The average molecular weight is 414 g/mol. The van der Waals surface area contributed by atoms with Crippen LogP contribution in [0, 0.1) is 5.82 Å². The Morgan fingerprint density at radius 1 is 1.00 bits per heavy atom. The van der Waals surface area contributed by atoms with Gasteiger partial charge in [-0.25, -0.2) is 4.39 Å². The van der Waals surface area contributed by atoms with Gasteiger partial charge in [-0.15, -0.1) is 0 Å². The molecule has 0 heterocycles. The molecule has 26 heavy (non-hydrogen) atoms. The number of hydrogen-bond donors (Lipinski definition) is 1. The zero-order valence-electron chi connectivity index (χ0n) is 14.1. The molecule has 0 fully saturated rings. The van der Waals surface area contributed by atoms with Crippen molar-refractivity contribution in [3.8, 4) is 5.75 Å². The standard InChI is InChI=1S/C21H17BrFNO2/c1-26-17-10-7-15(8-11-17)20(14-5-3-2-4-6-14)24-21(25)18-13-16(22)9-12-19(18)23/h2-13,20H,1H3,(H,24,25). The van der Waals surface area contributed by atoms with E-state index in [-0.39, 0.29) is 5.56 Å². The van der Waals surface area contributed by atoms with Crippen LogP contribution in [0.15, 0.2) is 77.3 Å². The normalized spacial score (nSPS) is 11.7. The molecular weight excluding hydrogens is 397 g/mol. The van der Waals surface area contributed by atoms with E-state index in [0.29, 0.717) is 4.47 Å². The highest BCUT2D eigenvalue weighted by molar-refractivity contribution is 9.10. The van der Waals surface area contributed by atoms with Gasteiger partial charge in [0.1, 0.15) is 11.6 Å². The number of ether oxygens (including phenoxy) is 1. The Labute approximate surface area is 159 Å². The molecule has 0 radical (unpaired) electrons. The molecule has 0 saturated carbocycles. The molecule has 1 unspecified atom stereocenters. The molecular formula is C21H17BrFNO2. The summed E-state index contributed by atoms with van der Waals surface area (Å²) in [5.41, 5.74) is 1.77. The number of nitrogens with one attached hydrogen (secondary N) is 1. The van der Waals surface area contributed by atoms with Crippen molar-refractivity contribution in [2.24, 2.45) is 0 Å². The molecule has 132 valence electrons. The van der Waals surface area contributed by atoms with Crippen molar-refractivity contribution in [1.82, 2.24) is 5.32 Å². The summed E-state index contributed by atoms with van der Waals surface area (Å²) in [6.45, 7) is 0. The Morgan fingerprint density at radius 3 is 2.31 bits per heavy atom. The summed E-state index contributed by atoms with van der Waals surface area (Å²) < 4.78 is 19.9. The Morgan fingerprint density at radius 2 is 1.65 bits per heavy atom. The van der Waals surface area contributed by atoms with Crippen LogP contribution < -0.4 is 10.1 Å². The third-order valence-electron chi connectivity index (χ3n) is 4.03. The monoisotopic (exact) mass is 413 g/mol. The Balaban J connectivity index is 1.95. The molecule has 3 aromatic rings. The minimum Gasteiger partial charge on any atom is -0.497 e. The third-order valence-corrected chi connectivity index (χ3v) is 4.52. The van der Waals surface area contributed by atoms with Gasteiger partial charge < -0.3 is 10.1 Å². The van der Waals surface area contributed by atoms with E-state index in [1.165, 1.54) is 12.1 Å². The van der Waals surface area contributed by atoms with E-state index in [9.17, 15) is 9.18 Å². The number of carbonyl (C=O) groups excluding carboxylic acids is 1. The Kier molecular flexibility index (Phi) is 5.68. The molecule has 0 aliphatic carbocycles. The van der Waals surface area contributed by atoms with Gasteiger partial charge in [-0.1, -0.05) is 58.4 Å². The lowest BCUT2D eigenvalue weighted by Gasteiger charge is -2.20. The fourth-order valence-corrected chi connectivity index (χ4v) is 3.04. The Bertz CT molecular complexity index is 898. The highest BCUT2D eigenvalue weighted by Gasteiger charge is 2.20. The molecule has 0 aromatic heterocycles. The van der Waals surface area contributed by atoms with Crippen LogP contribution in [0.1, 0.15) is 27.5 Å². The lowest BCUT2D eigenvalue weighted by molar-refractivity contribution is 0.0939. The van der Waals surface area contributed by atoms with Gasteiger partial charge in [-0.05, 0) is 41.5 Å². The van der Waals surface area contributed by atoms with Gasteiger partial charge in [0.25, 0.3) is 5.91 Å². The summed E-state index contributed by atoms with van der Waals surface area (Å²) in [7, 11) is 1.60. The number of carbonyl (C=O) groups is 1. The molecule has 0 spiro atoms.